The highest BCUT2D eigenvalue weighted by atomic mass is 16.5. The van der Waals surface area contributed by atoms with Crippen LogP contribution in [-0.4, -0.2) is 25.3 Å². The van der Waals surface area contributed by atoms with Gasteiger partial charge in [-0.15, -0.1) is 0 Å². The normalized spacial score (nSPS) is 10.8. The molecule has 2 aromatic carbocycles. The highest BCUT2D eigenvalue weighted by molar-refractivity contribution is 6.01. The minimum atomic E-state index is -0.238. The summed E-state index contributed by atoms with van der Waals surface area (Å²) in [5.41, 5.74) is 3.21. The van der Waals surface area contributed by atoms with Crippen molar-refractivity contribution in [3.63, 3.8) is 0 Å². The van der Waals surface area contributed by atoms with Crippen LogP contribution in [0.4, 0.5) is 5.69 Å². The van der Waals surface area contributed by atoms with Gasteiger partial charge in [-0.1, -0.05) is 11.2 Å². The maximum absolute atomic E-state index is 12.2. The average Bonchev–Trinajstić information content (AvgIpc) is 3.08. The molecule has 1 N–H and O–H groups in total. The number of ether oxygens (including phenoxy) is 3. The van der Waals surface area contributed by atoms with Crippen LogP contribution in [0.1, 0.15) is 22.6 Å². The van der Waals surface area contributed by atoms with Crippen molar-refractivity contribution in [2.75, 3.05) is 19.5 Å². The van der Waals surface area contributed by atoms with Crippen molar-refractivity contribution >= 4 is 17.7 Å². The number of hydrogen-bond donors (Lipinski definition) is 1. The van der Waals surface area contributed by atoms with Crippen molar-refractivity contribution in [2.24, 2.45) is 0 Å². The summed E-state index contributed by atoms with van der Waals surface area (Å²) in [6, 6.07) is 12.6. The van der Waals surface area contributed by atoms with Gasteiger partial charge in [-0.05, 0) is 61.9 Å². The summed E-state index contributed by atoms with van der Waals surface area (Å²) in [5, 5.41) is 6.72. The van der Waals surface area contributed by atoms with Crippen molar-refractivity contribution in [3.05, 3.63) is 71.1 Å². The van der Waals surface area contributed by atoms with Crippen LogP contribution in [0.3, 0.4) is 0 Å². The smallest absolute Gasteiger partial charge is 0.248 e. The number of rotatable bonds is 8. The summed E-state index contributed by atoms with van der Waals surface area (Å²) < 4.78 is 21.6. The second kappa shape index (κ2) is 9.65. The minimum Gasteiger partial charge on any atom is -0.497 e. The fourth-order valence-corrected chi connectivity index (χ4v) is 2.80. The second-order valence-corrected chi connectivity index (χ2v) is 6.55. The molecule has 0 spiro atoms. The van der Waals surface area contributed by atoms with E-state index in [0.29, 0.717) is 23.8 Å². The summed E-state index contributed by atoms with van der Waals surface area (Å²) >= 11 is 0. The third-order valence-electron chi connectivity index (χ3n) is 4.53. The van der Waals surface area contributed by atoms with Crippen molar-refractivity contribution < 1.29 is 23.5 Å². The fourth-order valence-electron chi connectivity index (χ4n) is 2.80. The molecule has 1 amide bonds. The number of carbonyl (C=O) groups excluding carboxylic acids is 1. The van der Waals surface area contributed by atoms with E-state index in [0.717, 1.165) is 28.3 Å². The van der Waals surface area contributed by atoms with Gasteiger partial charge in [0.15, 0.2) is 11.5 Å². The zero-order chi connectivity index (χ0) is 21.5. The number of aromatic nitrogens is 1. The first-order valence-corrected chi connectivity index (χ1v) is 9.36. The van der Waals surface area contributed by atoms with E-state index in [1.807, 2.05) is 19.9 Å². The SMILES string of the molecule is COc1ccc(NC(=O)/C=C/c2ccc(OCc3c(C)noc3C)c(OC)c2)cc1. The van der Waals surface area contributed by atoms with Crippen LogP contribution < -0.4 is 19.5 Å². The lowest BCUT2D eigenvalue weighted by molar-refractivity contribution is -0.111. The maximum atomic E-state index is 12.2. The lowest BCUT2D eigenvalue weighted by Gasteiger charge is -2.11. The monoisotopic (exact) mass is 408 g/mol. The van der Waals surface area contributed by atoms with E-state index in [2.05, 4.69) is 10.5 Å². The molecule has 0 bridgehead atoms. The molecule has 7 heteroatoms. The Hall–Kier alpha value is -3.74. The number of hydrogen-bond acceptors (Lipinski definition) is 6. The first kappa shape index (κ1) is 21.0. The Labute approximate surface area is 175 Å². The molecule has 0 radical (unpaired) electrons. The lowest BCUT2D eigenvalue weighted by atomic mass is 10.1. The van der Waals surface area contributed by atoms with Crippen LogP contribution in [0.25, 0.3) is 6.08 Å². The molecule has 0 fully saturated rings. The van der Waals surface area contributed by atoms with E-state index in [1.165, 1.54) is 6.08 Å². The second-order valence-electron chi connectivity index (χ2n) is 6.55. The molecule has 3 rings (SSSR count). The van der Waals surface area contributed by atoms with Crippen LogP contribution >= 0.6 is 0 Å². The van der Waals surface area contributed by atoms with Crippen molar-refractivity contribution in [3.8, 4) is 17.2 Å². The van der Waals surface area contributed by atoms with Gasteiger partial charge in [0.2, 0.25) is 5.91 Å². The largest absolute Gasteiger partial charge is 0.497 e. The van der Waals surface area contributed by atoms with E-state index in [-0.39, 0.29) is 5.91 Å². The van der Waals surface area contributed by atoms with E-state index in [1.54, 1.807) is 56.7 Å². The quantitative estimate of drug-likeness (QED) is 0.551. The molecule has 0 aliphatic carbocycles. The Morgan fingerprint density at radius 1 is 1.07 bits per heavy atom. The zero-order valence-corrected chi connectivity index (χ0v) is 17.4. The molecule has 0 aliphatic heterocycles. The van der Waals surface area contributed by atoms with Crippen LogP contribution in [0, 0.1) is 13.8 Å². The van der Waals surface area contributed by atoms with Crippen molar-refractivity contribution in [2.45, 2.75) is 20.5 Å². The van der Waals surface area contributed by atoms with Gasteiger partial charge in [-0.25, -0.2) is 0 Å². The summed E-state index contributed by atoms with van der Waals surface area (Å²) in [6.07, 6.45) is 3.17. The van der Waals surface area contributed by atoms with Gasteiger partial charge in [-0.2, -0.15) is 0 Å². The summed E-state index contributed by atoms with van der Waals surface area (Å²) in [5.74, 6) is 2.39. The van der Waals surface area contributed by atoms with Gasteiger partial charge in [0.25, 0.3) is 0 Å². The lowest BCUT2D eigenvalue weighted by Crippen LogP contribution is -2.07. The molecule has 7 nitrogen and oxygen atoms in total. The summed E-state index contributed by atoms with van der Waals surface area (Å²) in [6.45, 7) is 4.05. The van der Waals surface area contributed by atoms with Crippen LogP contribution in [0.5, 0.6) is 17.2 Å². The van der Waals surface area contributed by atoms with Gasteiger partial charge < -0.3 is 24.1 Å². The molecule has 0 saturated heterocycles. The number of methoxy groups -OCH3 is 2. The number of carbonyl (C=O) groups is 1. The molecule has 0 atom stereocenters. The molecule has 3 aromatic rings. The van der Waals surface area contributed by atoms with Crippen LogP contribution in [0.15, 0.2) is 53.1 Å². The third kappa shape index (κ3) is 5.20. The fraction of sp³-hybridized carbons (Fsp3) is 0.217. The molecule has 30 heavy (non-hydrogen) atoms. The third-order valence-corrected chi connectivity index (χ3v) is 4.53. The number of anilines is 1. The predicted molar refractivity (Wildman–Crippen MR) is 114 cm³/mol. The van der Waals surface area contributed by atoms with E-state index < -0.39 is 0 Å². The van der Waals surface area contributed by atoms with Crippen LogP contribution in [0.2, 0.25) is 0 Å². The van der Waals surface area contributed by atoms with Gasteiger partial charge in [-0.3, -0.25) is 4.79 Å². The Kier molecular flexibility index (Phi) is 6.75. The van der Waals surface area contributed by atoms with Crippen molar-refractivity contribution in [1.29, 1.82) is 0 Å². The Balaban J connectivity index is 1.63. The number of aryl methyl sites for hydroxylation is 2. The molecule has 0 saturated carbocycles. The first-order chi connectivity index (χ1) is 14.5. The molecular weight excluding hydrogens is 384 g/mol. The van der Waals surface area contributed by atoms with Gasteiger partial charge >= 0.3 is 0 Å². The van der Waals surface area contributed by atoms with E-state index in [9.17, 15) is 4.79 Å². The number of amides is 1. The van der Waals surface area contributed by atoms with E-state index in [4.69, 9.17) is 18.7 Å². The summed E-state index contributed by atoms with van der Waals surface area (Å²) in [4.78, 5) is 12.2. The highest BCUT2D eigenvalue weighted by Gasteiger charge is 2.12. The van der Waals surface area contributed by atoms with Gasteiger partial charge in [0, 0.05) is 11.8 Å². The molecule has 156 valence electrons. The molecule has 1 aromatic heterocycles. The van der Waals surface area contributed by atoms with E-state index >= 15 is 0 Å². The van der Waals surface area contributed by atoms with Gasteiger partial charge in [0.1, 0.15) is 18.1 Å². The number of nitrogens with one attached hydrogen (secondary N) is 1. The Morgan fingerprint density at radius 3 is 2.47 bits per heavy atom. The van der Waals surface area contributed by atoms with Gasteiger partial charge in [0.05, 0.1) is 25.5 Å². The highest BCUT2D eigenvalue weighted by Crippen LogP contribution is 2.30. The topological polar surface area (TPSA) is 82.8 Å². The molecule has 1 heterocycles. The van der Waals surface area contributed by atoms with Crippen molar-refractivity contribution in [1.82, 2.24) is 5.16 Å². The first-order valence-electron chi connectivity index (χ1n) is 9.36. The Morgan fingerprint density at radius 2 is 1.83 bits per heavy atom. The standard InChI is InChI=1S/C23H24N2O5/c1-15-20(16(2)30-25-15)14-29-21-11-5-17(13-22(21)28-4)6-12-23(26)24-18-7-9-19(27-3)10-8-18/h5-13H,14H2,1-4H3,(H,24,26)/b12-6+. The maximum Gasteiger partial charge on any atom is 0.248 e. The zero-order valence-electron chi connectivity index (χ0n) is 17.4. The minimum absolute atomic E-state index is 0.238. The number of nitrogens with zero attached hydrogens (tertiary/aromatic N) is 1. The molecular formula is C23H24N2O5. The molecule has 0 unspecified atom stereocenters. The number of benzene rings is 2. The van der Waals surface area contributed by atoms with Crippen LogP contribution in [-0.2, 0) is 11.4 Å². The average molecular weight is 408 g/mol. The Bertz CT molecular complexity index is 1020. The summed E-state index contributed by atoms with van der Waals surface area (Å²) in [7, 11) is 3.17. The predicted octanol–water partition coefficient (Wildman–Crippen LogP) is 4.54. The molecule has 0 aliphatic rings.